The molecule has 0 spiro atoms. The van der Waals surface area contributed by atoms with Gasteiger partial charge < -0.3 is 10.2 Å². The van der Waals surface area contributed by atoms with Gasteiger partial charge in [-0.25, -0.2) is 4.52 Å². The van der Waals surface area contributed by atoms with Gasteiger partial charge in [0, 0.05) is 51.5 Å². The molecular formula is C13H17BrN6. The van der Waals surface area contributed by atoms with Gasteiger partial charge >= 0.3 is 0 Å². The Labute approximate surface area is 125 Å². The molecule has 2 aliphatic rings. The number of hydrogen-bond acceptors (Lipinski definition) is 5. The molecule has 20 heavy (non-hydrogen) atoms. The van der Waals surface area contributed by atoms with Crippen molar-refractivity contribution < 1.29 is 0 Å². The molecule has 2 fully saturated rings. The summed E-state index contributed by atoms with van der Waals surface area (Å²) < 4.78 is 2.82. The van der Waals surface area contributed by atoms with Crippen molar-refractivity contribution in [3.63, 3.8) is 0 Å². The number of aromatic nitrogens is 3. The number of rotatable bonds is 2. The molecule has 2 aromatic rings. The highest BCUT2D eigenvalue weighted by Crippen LogP contribution is 2.20. The van der Waals surface area contributed by atoms with Gasteiger partial charge in [-0.05, 0) is 28.1 Å². The lowest BCUT2D eigenvalue weighted by Crippen LogP contribution is -2.61. The molecule has 4 heterocycles. The highest BCUT2D eigenvalue weighted by molar-refractivity contribution is 9.10. The summed E-state index contributed by atoms with van der Waals surface area (Å²) in [6.07, 6.45) is 1.94. The lowest BCUT2D eigenvalue weighted by molar-refractivity contribution is 0.137. The van der Waals surface area contributed by atoms with Crippen LogP contribution in [0.3, 0.4) is 0 Å². The molecular weight excluding hydrogens is 320 g/mol. The van der Waals surface area contributed by atoms with Gasteiger partial charge in [0.25, 0.3) is 0 Å². The third kappa shape index (κ3) is 2.10. The van der Waals surface area contributed by atoms with E-state index in [9.17, 15) is 0 Å². The standard InChI is InChI=1S/C13H17BrN6/c14-11-2-1-3-20-12(11)16-13(17-20)19-6-4-18(5-7-19)10-8-15-9-10/h1-3,10,15H,4-9H2. The SMILES string of the molecule is Brc1cccn2nc(N3CCN(C4CNC4)CC3)nc12. The monoisotopic (exact) mass is 336 g/mol. The first-order chi connectivity index (χ1) is 9.81. The van der Waals surface area contributed by atoms with Gasteiger partial charge in [0.1, 0.15) is 0 Å². The quantitative estimate of drug-likeness (QED) is 0.869. The van der Waals surface area contributed by atoms with E-state index in [0.717, 1.165) is 61.4 Å². The zero-order valence-corrected chi connectivity index (χ0v) is 12.8. The second kappa shape index (κ2) is 4.98. The number of anilines is 1. The van der Waals surface area contributed by atoms with Crippen LogP contribution in [0.15, 0.2) is 22.8 Å². The second-order valence-corrected chi connectivity index (χ2v) is 6.23. The summed E-state index contributed by atoms with van der Waals surface area (Å²) in [5, 5.41) is 7.91. The predicted octanol–water partition coefficient (Wildman–Crippen LogP) is 0.586. The summed E-state index contributed by atoms with van der Waals surface area (Å²) in [6, 6.07) is 4.70. The lowest BCUT2D eigenvalue weighted by atomic mass is 10.1. The Balaban J connectivity index is 1.51. The van der Waals surface area contributed by atoms with Gasteiger partial charge in [-0.2, -0.15) is 4.98 Å². The van der Waals surface area contributed by atoms with E-state index in [1.165, 1.54) is 0 Å². The molecule has 0 amide bonds. The van der Waals surface area contributed by atoms with E-state index in [1.54, 1.807) is 0 Å². The molecule has 1 N–H and O–H groups in total. The smallest absolute Gasteiger partial charge is 0.245 e. The summed E-state index contributed by atoms with van der Waals surface area (Å²) in [4.78, 5) is 9.49. The Bertz CT molecular complexity index is 614. The van der Waals surface area contributed by atoms with Crippen molar-refractivity contribution in [2.45, 2.75) is 6.04 Å². The first-order valence-electron chi connectivity index (χ1n) is 7.02. The maximum absolute atomic E-state index is 4.64. The molecule has 106 valence electrons. The molecule has 2 aliphatic heterocycles. The largest absolute Gasteiger partial charge is 0.337 e. The number of nitrogens with one attached hydrogen (secondary N) is 1. The van der Waals surface area contributed by atoms with Gasteiger partial charge in [0.05, 0.1) is 4.47 Å². The Morgan fingerprint density at radius 1 is 1.20 bits per heavy atom. The van der Waals surface area contributed by atoms with Crippen LogP contribution in [-0.4, -0.2) is 64.8 Å². The molecule has 0 atom stereocenters. The normalized spacial score (nSPS) is 21.4. The number of piperazine rings is 1. The Kier molecular flexibility index (Phi) is 3.13. The van der Waals surface area contributed by atoms with Crippen molar-refractivity contribution in [1.82, 2.24) is 24.8 Å². The molecule has 7 heteroatoms. The van der Waals surface area contributed by atoms with Gasteiger partial charge in [-0.1, -0.05) is 0 Å². The van der Waals surface area contributed by atoms with E-state index in [2.05, 4.69) is 41.1 Å². The number of fused-ring (bicyclic) bond motifs is 1. The molecule has 0 aromatic carbocycles. The van der Waals surface area contributed by atoms with Crippen molar-refractivity contribution in [2.75, 3.05) is 44.2 Å². The minimum absolute atomic E-state index is 0.736. The number of halogens is 1. The summed E-state index contributed by atoms with van der Waals surface area (Å²) in [7, 11) is 0. The minimum Gasteiger partial charge on any atom is -0.337 e. The van der Waals surface area contributed by atoms with Crippen molar-refractivity contribution in [3.05, 3.63) is 22.8 Å². The summed E-state index contributed by atoms with van der Waals surface area (Å²) >= 11 is 3.52. The zero-order chi connectivity index (χ0) is 13.5. The van der Waals surface area contributed by atoms with E-state index in [0.29, 0.717) is 0 Å². The van der Waals surface area contributed by atoms with Crippen LogP contribution < -0.4 is 10.2 Å². The fraction of sp³-hybridized carbons (Fsp3) is 0.538. The van der Waals surface area contributed by atoms with Crippen molar-refractivity contribution >= 4 is 27.5 Å². The maximum Gasteiger partial charge on any atom is 0.245 e. The van der Waals surface area contributed by atoms with Crippen molar-refractivity contribution in [3.8, 4) is 0 Å². The summed E-state index contributed by atoms with van der Waals surface area (Å²) in [5.74, 6) is 0.836. The topological polar surface area (TPSA) is 48.7 Å². The third-order valence-corrected chi connectivity index (χ3v) is 4.80. The van der Waals surface area contributed by atoms with E-state index >= 15 is 0 Å². The van der Waals surface area contributed by atoms with E-state index in [4.69, 9.17) is 0 Å². The average Bonchev–Trinajstić information content (AvgIpc) is 2.83. The Morgan fingerprint density at radius 3 is 2.65 bits per heavy atom. The van der Waals surface area contributed by atoms with Crippen LogP contribution in [0.4, 0.5) is 5.95 Å². The van der Waals surface area contributed by atoms with Gasteiger partial charge in [0.2, 0.25) is 5.95 Å². The minimum atomic E-state index is 0.736. The fourth-order valence-electron chi connectivity index (χ4n) is 2.82. The van der Waals surface area contributed by atoms with Crippen LogP contribution in [0.2, 0.25) is 0 Å². The molecule has 2 aromatic heterocycles. The molecule has 4 rings (SSSR count). The van der Waals surface area contributed by atoms with Crippen molar-refractivity contribution in [2.24, 2.45) is 0 Å². The van der Waals surface area contributed by atoms with Crippen LogP contribution in [0.5, 0.6) is 0 Å². The highest BCUT2D eigenvalue weighted by atomic mass is 79.9. The molecule has 0 saturated carbocycles. The van der Waals surface area contributed by atoms with Crippen molar-refractivity contribution in [1.29, 1.82) is 0 Å². The predicted molar refractivity (Wildman–Crippen MR) is 81.1 cm³/mol. The molecule has 0 radical (unpaired) electrons. The van der Waals surface area contributed by atoms with Gasteiger partial charge in [0.15, 0.2) is 5.65 Å². The molecule has 6 nitrogen and oxygen atoms in total. The second-order valence-electron chi connectivity index (χ2n) is 5.37. The Hall–Kier alpha value is -1.18. The van der Waals surface area contributed by atoms with Gasteiger partial charge in [-0.3, -0.25) is 4.90 Å². The summed E-state index contributed by atoms with van der Waals surface area (Å²) in [5.41, 5.74) is 0.883. The molecule has 0 unspecified atom stereocenters. The van der Waals surface area contributed by atoms with Crippen LogP contribution in [-0.2, 0) is 0 Å². The first-order valence-corrected chi connectivity index (χ1v) is 7.81. The van der Waals surface area contributed by atoms with Gasteiger partial charge in [-0.15, -0.1) is 5.10 Å². The highest BCUT2D eigenvalue weighted by Gasteiger charge is 2.28. The number of pyridine rings is 1. The number of nitrogens with zero attached hydrogens (tertiary/aromatic N) is 5. The summed E-state index contributed by atoms with van der Waals surface area (Å²) in [6.45, 7) is 6.49. The third-order valence-electron chi connectivity index (χ3n) is 4.18. The zero-order valence-electron chi connectivity index (χ0n) is 11.2. The van der Waals surface area contributed by atoms with Crippen LogP contribution in [0.1, 0.15) is 0 Å². The van der Waals surface area contributed by atoms with Crippen LogP contribution in [0, 0.1) is 0 Å². The first kappa shape index (κ1) is 12.6. The van der Waals surface area contributed by atoms with E-state index < -0.39 is 0 Å². The molecule has 2 saturated heterocycles. The number of hydrogen-bond donors (Lipinski definition) is 1. The fourth-order valence-corrected chi connectivity index (χ4v) is 3.24. The average molecular weight is 337 g/mol. The van der Waals surface area contributed by atoms with E-state index in [1.807, 2.05) is 22.8 Å². The maximum atomic E-state index is 4.64. The van der Waals surface area contributed by atoms with E-state index in [-0.39, 0.29) is 0 Å². The molecule has 0 bridgehead atoms. The molecule has 0 aliphatic carbocycles. The van der Waals surface area contributed by atoms with Crippen LogP contribution in [0.25, 0.3) is 5.65 Å². The lowest BCUT2D eigenvalue weighted by Gasteiger charge is -2.43. The Morgan fingerprint density at radius 2 is 2.00 bits per heavy atom. The van der Waals surface area contributed by atoms with Crippen LogP contribution >= 0.6 is 15.9 Å².